The van der Waals surface area contributed by atoms with Gasteiger partial charge in [-0.2, -0.15) is 0 Å². The maximum Gasteiger partial charge on any atom is 0.328 e. The smallest absolute Gasteiger partial charge is 0.328 e. The molecular formula is C23H35N9O3. The number of nitrogen functional groups attached to an aromatic ring is 1. The van der Waals surface area contributed by atoms with Crippen LogP contribution in [0, 0.1) is 0 Å². The highest BCUT2D eigenvalue weighted by Crippen LogP contribution is 2.31. The number of carbonyl (C=O) groups is 2. The van der Waals surface area contributed by atoms with Crippen molar-refractivity contribution in [1.82, 2.24) is 4.98 Å². The van der Waals surface area contributed by atoms with E-state index in [0.29, 0.717) is 31.6 Å². The first-order chi connectivity index (χ1) is 16.8. The summed E-state index contributed by atoms with van der Waals surface area (Å²) in [5.41, 5.74) is 29.3. The summed E-state index contributed by atoms with van der Waals surface area (Å²) in [6.07, 6.45) is 4.08. The molecule has 1 amide bonds. The molecule has 12 nitrogen and oxygen atoms in total. The topological polar surface area (TPSA) is 223 Å². The Kier molecular flexibility index (Phi) is 11.7. The standard InChI is InChI=1S/C23H35N9O3/c24-13-5-3-7-15(26)22(33)30-20-12-11-18(21(28)29-20)32-31-17-9-1-2-10-19(17)35-23(34)16(27)8-4-6-14-25/h1-2,9-12,15-16H,3-8,13-14,24-27H2,(H3,28,29,30,33)/b32-31+/t15-,16-/m0/s1. The van der Waals surface area contributed by atoms with Gasteiger partial charge in [-0.3, -0.25) is 4.79 Å². The number of benzene rings is 1. The number of nitrogens with zero attached hydrogens (tertiary/aromatic N) is 3. The van der Waals surface area contributed by atoms with Crippen LogP contribution in [-0.2, 0) is 9.59 Å². The Morgan fingerprint density at radius 2 is 1.51 bits per heavy atom. The fourth-order valence-corrected chi connectivity index (χ4v) is 3.02. The van der Waals surface area contributed by atoms with Gasteiger partial charge in [0.1, 0.15) is 23.2 Å². The average Bonchev–Trinajstić information content (AvgIpc) is 2.84. The number of azo groups is 1. The van der Waals surface area contributed by atoms with Crippen LogP contribution in [0.1, 0.15) is 38.5 Å². The molecule has 12 heteroatoms. The SMILES string of the molecule is NCCCC[C@H](N)C(=O)Nc1ccc(/N=N/c2ccccc2OC(=O)[C@@H](N)CCCCN)c(N)n1. The second kappa shape index (κ2) is 14.7. The predicted molar refractivity (Wildman–Crippen MR) is 135 cm³/mol. The molecular weight excluding hydrogens is 450 g/mol. The predicted octanol–water partition coefficient (Wildman–Crippen LogP) is 1.84. The molecule has 1 heterocycles. The normalized spacial score (nSPS) is 12.9. The lowest BCUT2D eigenvalue weighted by atomic mass is 10.1. The van der Waals surface area contributed by atoms with Crippen LogP contribution in [0.2, 0.25) is 0 Å². The molecule has 0 unspecified atom stereocenters. The first-order valence-corrected chi connectivity index (χ1v) is 11.6. The number of anilines is 2. The summed E-state index contributed by atoms with van der Waals surface area (Å²) in [7, 11) is 0. The van der Waals surface area contributed by atoms with Crippen LogP contribution in [0.4, 0.5) is 23.0 Å². The third-order valence-corrected chi connectivity index (χ3v) is 5.07. The monoisotopic (exact) mass is 485 g/mol. The van der Waals surface area contributed by atoms with Gasteiger partial charge in [0.2, 0.25) is 5.91 Å². The number of hydrogen-bond donors (Lipinski definition) is 6. The van der Waals surface area contributed by atoms with Crippen LogP contribution in [0.5, 0.6) is 5.75 Å². The van der Waals surface area contributed by atoms with Crippen LogP contribution in [0.25, 0.3) is 0 Å². The van der Waals surface area contributed by atoms with Crippen molar-refractivity contribution in [1.29, 1.82) is 0 Å². The van der Waals surface area contributed by atoms with Gasteiger partial charge in [-0.1, -0.05) is 25.0 Å². The molecule has 0 aliphatic carbocycles. The van der Waals surface area contributed by atoms with Crippen molar-refractivity contribution in [3.05, 3.63) is 36.4 Å². The molecule has 0 bridgehead atoms. The number of nitrogens with two attached hydrogens (primary N) is 5. The first-order valence-electron chi connectivity index (χ1n) is 11.6. The molecule has 35 heavy (non-hydrogen) atoms. The molecule has 0 aliphatic rings. The summed E-state index contributed by atoms with van der Waals surface area (Å²) in [6.45, 7) is 1.09. The van der Waals surface area contributed by atoms with Crippen LogP contribution < -0.4 is 38.7 Å². The van der Waals surface area contributed by atoms with E-state index in [4.69, 9.17) is 33.4 Å². The lowest BCUT2D eigenvalue weighted by Gasteiger charge is -2.12. The number of para-hydroxylation sites is 1. The molecule has 0 saturated heterocycles. The summed E-state index contributed by atoms with van der Waals surface area (Å²) < 4.78 is 5.41. The fraction of sp³-hybridized carbons (Fsp3) is 0.435. The number of rotatable bonds is 14. The number of ether oxygens (including phenoxy) is 1. The molecule has 0 radical (unpaired) electrons. The zero-order valence-corrected chi connectivity index (χ0v) is 19.7. The van der Waals surface area contributed by atoms with Crippen molar-refractivity contribution >= 4 is 34.9 Å². The lowest BCUT2D eigenvalue weighted by Crippen LogP contribution is -2.35. The highest BCUT2D eigenvalue weighted by atomic mass is 16.5. The van der Waals surface area contributed by atoms with Crippen molar-refractivity contribution in [3.8, 4) is 5.75 Å². The Morgan fingerprint density at radius 3 is 2.17 bits per heavy atom. The molecule has 1 aromatic heterocycles. The quantitative estimate of drug-likeness (QED) is 0.0991. The van der Waals surface area contributed by atoms with Crippen molar-refractivity contribution in [2.45, 2.75) is 50.6 Å². The Balaban J connectivity index is 2.03. The summed E-state index contributed by atoms with van der Waals surface area (Å²) in [4.78, 5) is 28.7. The van der Waals surface area contributed by atoms with Gasteiger partial charge < -0.3 is 38.7 Å². The van der Waals surface area contributed by atoms with Crippen molar-refractivity contribution < 1.29 is 14.3 Å². The molecule has 0 aliphatic heterocycles. The minimum Gasteiger partial charge on any atom is -0.423 e. The lowest BCUT2D eigenvalue weighted by molar-refractivity contribution is -0.136. The molecule has 1 aromatic carbocycles. The van der Waals surface area contributed by atoms with Gasteiger partial charge >= 0.3 is 5.97 Å². The summed E-state index contributed by atoms with van der Waals surface area (Å²) in [5, 5.41) is 10.9. The number of nitrogens with one attached hydrogen (secondary N) is 1. The Labute approximate surface area is 204 Å². The van der Waals surface area contributed by atoms with Gasteiger partial charge in [0, 0.05) is 0 Å². The molecule has 0 spiro atoms. The van der Waals surface area contributed by atoms with Gasteiger partial charge in [-0.05, 0) is 63.0 Å². The zero-order valence-electron chi connectivity index (χ0n) is 19.7. The number of unbranched alkanes of at least 4 members (excludes halogenated alkanes) is 2. The number of hydrogen-bond acceptors (Lipinski definition) is 11. The third-order valence-electron chi connectivity index (χ3n) is 5.07. The maximum atomic E-state index is 12.3. The summed E-state index contributed by atoms with van der Waals surface area (Å²) >= 11 is 0. The number of aromatic nitrogens is 1. The fourth-order valence-electron chi connectivity index (χ4n) is 3.02. The van der Waals surface area contributed by atoms with E-state index in [1.807, 2.05) is 0 Å². The number of carbonyl (C=O) groups excluding carboxylic acids is 2. The molecule has 2 rings (SSSR count). The van der Waals surface area contributed by atoms with Crippen LogP contribution in [0.15, 0.2) is 46.6 Å². The molecule has 11 N–H and O–H groups in total. The molecule has 2 atom stereocenters. The number of amides is 1. The second-order valence-electron chi connectivity index (χ2n) is 7.96. The van der Waals surface area contributed by atoms with Crippen LogP contribution in [0.3, 0.4) is 0 Å². The Morgan fingerprint density at radius 1 is 0.886 bits per heavy atom. The number of pyridine rings is 1. The van der Waals surface area contributed by atoms with E-state index < -0.39 is 18.1 Å². The average molecular weight is 486 g/mol. The zero-order chi connectivity index (χ0) is 25.6. The highest BCUT2D eigenvalue weighted by molar-refractivity contribution is 5.94. The minimum absolute atomic E-state index is 0.0552. The number of esters is 1. The van der Waals surface area contributed by atoms with Crippen LogP contribution in [-0.4, -0.2) is 42.0 Å². The largest absolute Gasteiger partial charge is 0.423 e. The van der Waals surface area contributed by atoms with E-state index in [2.05, 4.69) is 20.5 Å². The van der Waals surface area contributed by atoms with Crippen LogP contribution >= 0.6 is 0 Å². The van der Waals surface area contributed by atoms with E-state index >= 15 is 0 Å². The Hall–Kier alpha value is -3.45. The van der Waals surface area contributed by atoms with Gasteiger partial charge in [-0.25, -0.2) is 9.78 Å². The van der Waals surface area contributed by atoms with E-state index in [9.17, 15) is 9.59 Å². The first kappa shape index (κ1) is 27.8. The summed E-state index contributed by atoms with van der Waals surface area (Å²) in [5.74, 6) is -0.402. The molecule has 0 fully saturated rings. The van der Waals surface area contributed by atoms with Gasteiger partial charge in [0.05, 0.1) is 6.04 Å². The minimum atomic E-state index is -0.761. The molecule has 0 saturated carbocycles. The van der Waals surface area contributed by atoms with E-state index in [-0.39, 0.29) is 29.0 Å². The summed E-state index contributed by atoms with van der Waals surface area (Å²) in [6, 6.07) is 8.33. The Bertz CT molecular complexity index is 1000. The molecule has 190 valence electrons. The van der Waals surface area contributed by atoms with Crippen molar-refractivity contribution in [2.75, 3.05) is 24.1 Å². The highest BCUT2D eigenvalue weighted by Gasteiger charge is 2.17. The van der Waals surface area contributed by atoms with E-state index in [1.54, 1.807) is 36.4 Å². The van der Waals surface area contributed by atoms with Gasteiger partial charge in [0.25, 0.3) is 0 Å². The van der Waals surface area contributed by atoms with E-state index in [1.165, 1.54) is 0 Å². The third kappa shape index (κ3) is 9.37. The second-order valence-corrected chi connectivity index (χ2v) is 7.96. The maximum absolute atomic E-state index is 12.3. The van der Waals surface area contributed by atoms with Crippen molar-refractivity contribution in [2.24, 2.45) is 33.2 Å². The van der Waals surface area contributed by atoms with Crippen molar-refractivity contribution in [3.63, 3.8) is 0 Å². The molecule has 2 aromatic rings. The van der Waals surface area contributed by atoms with Gasteiger partial charge in [0.15, 0.2) is 11.6 Å². The van der Waals surface area contributed by atoms with Gasteiger partial charge in [-0.15, -0.1) is 10.2 Å². The van der Waals surface area contributed by atoms with E-state index in [0.717, 1.165) is 25.7 Å².